The molecular weight excluding hydrogens is 222 g/mol. The van der Waals surface area contributed by atoms with Gasteiger partial charge >= 0.3 is 0 Å². The first kappa shape index (κ1) is 13.1. The van der Waals surface area contributed by atoms with Crippen LogP contribution in [0.25, 0.3) is 11.0 Å². The zero-order valence-corrected chi connectivity index (χ0v) is 12.2. The average molecular weight is 245 g/mol. The Morgan fingerprint density at radius 1 is 0.944 bits per heavy atom. The molecule has 3 heteroatoms. The zero-order chi connectivity index (χ0) is 13.4. The molecule has 98 valence electrons. The van der Waals surface area contributed by atoms with Crippen LogP contribution in [0.15, 0.2) is 12.1 Å². The summed E-state index contributed by atoms with van der Waals surface area (Å²) in [6.07, 6.45) is 0. The molecule has 0 N–H and O–H groups in total. The van der Waals surface area contributed by atoms with E-state index in [0.29, 0.717) is 17.9 Å². The van der Waals surface area contributed by atoms with E-state index in [2.05, 4.69) is 58.4 Å². The Labute approximate surface area is 109 Å². The monoisotopic (exact) mass is 245 g/mol. The summed E-state index contributed by atoms with van der Waals surface area (Å²) < 4.78 is 2.09. The van der Waals surface area contributed by atoms with Gasteiger partial charge in [-0.05, 0) is 37.8 Å². The van der Waals surface area contributed by atoms with Gasteiger partial charge in [0.1, 0.15) is 5.52 Å². The molecule has 18 heavy (non-hydrogen) atoms. The lowest BCUT2D eigenvalue weighted by Gasteiger charge is -2.08. The van der Waals surface area contributed by atoms with Crippen molar-refractivity contribution in [3.63, 3.8) is 0 Å². The number of aromatic nitrogens is 3. The van der Waals surface area contributed by atoms with Gasteiger partial charge in [0.2, 0.25) is 0 Å². The summed E-state index contributed by atoms with van der Waals surface area (Å²) in [5.74, 6) is 0.860. The number of nitrogens with zero attached hydrogens (tertiary/aromatic N) is 3. The highest BCUT2D eigenvalue weighted by atomic mass is 15.3. The Morgan fingerprint density at radius 2 is 1.61 bits per heavy atom. The molecule has 3 nitrogen and oxygen atoms in total. The van der Waals surface area contributed by atoms with Gasteiger partial charge in [-0.1, -0.05) is 27.7 Å². The van der Waals surface area contributed by atoms with E-state index in [4.69, 9.17) is 10.1 Å². The molecule has 0 spiro atoms. The van der Waals surface area contributed by atoms with E-state index in [-0.39, 0.29) is 0 Å². The van der Waals surface area contributed by atoms with Crippen molar-refractivity contribution in [3.8, 4) is 0 Å². The summed E-state index contributed by atoms with van der Waals surface area (Å²) in [5, 5.41) is 4.74. The Kier molecular flexibility index (Phi) is 3.42. The summed E-state index contributed by atoms with van der Waals surface area (Å²) in [5.41, 5.74) is 4.48. The zero-order valence-electron chi connectivity index (χ0n) is 12.2. The third kappa shape index (κ3) is 2.14. The fourth-order valence-corrected chi connectivity index (χ4v) is 2.16. The predicted octanol–water partition coefficient (Wildman–Crippen LogP) is 4.26. The van der Waals surface area contributed by atoms with Crippen molar-refractivity contribution in [2.24, 2.45) is 0 Å². The number of pyridine rings is 1. The van der Waals surface area contributed by atoms with E-state index in [0.717, 1.165) is 22.4 Å². The van der Waals surface area contributed by atoms with Crippen LogP contribution in [0, 0.1) is 0 Å². The maximum absolute atomic E-state index is 4.82. The topological polar surface area (TPSA) is 30.7 Å². The highest BCUT2D eigenvalue weighted by Gasteiger charge is 2.17. The van der Waals surface area contributed by atoms with Gasteiger partial charge in [-0.3, -0.25) is 4.68 Å². The predicted molar refractivity (Wildman–Crippen MR) is 76.1 cm³/mol. The van der Waals surface area contributed by atoms with Crippen molar-refractivity contribution in [3.05, 3.63) is 23.5 Å². The van der Waals surface area contributed by atoms with Crippen LogP contribution in [0.4, 0.5) is 0 Å². The van der Waals surface area contributed by atoms with Gasteiger partial charge in [0.05, 0.1) is 11.2 Å². The highest BCUT2D eigenvalue weighted by molar-refractivity contribution is 5.78. The van der Waals surface area contributed by atoms with E-state index < -0.39 is 0 Å². The Balaban J connectivity index is 2.71. The van der Waals surface area contributed by atoms with Crippen molar-refractivity contribution in [2.75, 3.05) is 0 Å². The molecule has 2 aromatic rings. The maximum Gasteiger partial charge on any atom is 0.112 e. The van der Waals surface area contributed by atoms with Crippen molar-refractivity contribution in [1.29, 1.82) is 0 Å². The van der Waals surface area contributed by atoms with Crippen molar-refractivity contribution < 1.29 is 0 Å². The first-order valence-corrected chi connectivity index (χ1v) is 6.80. The van der Waals surface area contributed by atoms with Crippen LogP contribution < -0.4 is 0 Å². The van der Waals surface area contributed by atoms with Crippen LogP contribution >= 0.6 is 0 Å². The molecule has 0 aromatic carbocycles. The average Bonchev–Trinajstić information content (AvgIpc) is 2.67. The van der Waals surface area contributed by atoms with Gasteiger partial charge in [0.15, 0.2) is 0 Å². The fourth-order valence-electron chi connectivity index (χ4n) is 2.16. The van der Waals surface area contributed by atoms with Gasteiger partial charge in [0.25, 0.3) is 0 Å². The number of hydrogen-bond donors (Lipinski definition) is 0. The molecule has 2 rings (SSSR count). The van der Waals surface area contributed by atoms with Crippen LogP contribution in [0.1, 0.15) is 70.8 Å². The molecule has 0 fully saturated rings. The van der Waals surface area contributed by atoms with Crippen LogP contribution in [-0.4, -0.2) is 14.8 Å². The molecule has 2 heterocycles. The molecule has 0 saturated heterocycles. The lowest BCUT2D eigenvalue weighted by atomic mass is 10.1. The normalized spacial score (nSPS) is 12.3. The van der Waals surface area contributed by atoms with E-state index in [1.165, 1.54) is 0 Å². The second-order valence-electron chi connectivity index (χ2n) is 5.84. The lowest BCUT2D eigenvalue weighted by molar-refractivity contribution is 0.539. The van der Waals surface area contributed by atoms with Crippen LogP contribution in [0.5, 0.6) is 0 Å². The van der Waals surface area contributed by atoms with Crippen LogP contribution in [-0.2, 0) is 0 Å². The first-order valence-electron chi connectivity index (χ1n) is 6.80. The van der Waals surface area contributed by atoms with Crippen LogP contribution in [0.2, 0.25) is 0 Å². The summed E-state index contributed by atoms with van der Waals surface area (Å²) in [6, 6.07) is 4.65. The fraction of sp³-hybridized carbons (Fsp3) is 0.600. The second-order valence-corrected chi connectivity index (χ2v) is 5.84. The number of fused-ring (bicyclic) bond motifs is 1. The Bertz CT molecular complexity index is 550. The van der Waals surface area contributed by atoms with Gasteiger partial charge in [0, 0.05) is 11.7 Å². The summed E-state index contributed by atoms with van der Waals surface area (Å²) in [6.45, 7) is 13.0. The van der Waals surface area contributed by atoms with E-state index in [1.54, 1.807) is 0 Å². The molecule has 0 atom stereocenters. The summed E-state index contributed by atoms with van der Waals surface area (Å²) >= 11 is 0. The minimum atomic E-state index is 0.367. The molecule has 0 radical (unpaired) electrons. The molecule has 0 unspecified atom stereocenters. The third-order valence-electron chi connectivity index (χ3n) is 3.23. The molecule has 0 aliphatic carbocycles. The Morgan fingerprint density at radius 3 is 2.11 bits per heavy atom. The minimum absolute atomic E-state index is 0.367. The number of hydrogen-bond acceptors (Lipinski definition) is 2. The van der Waals surface area contributed by atoms with Crippen molar-refractivity contribution in [1.82, 2.24) is 14.8 Å². The van der Waals surface area contributed by atoms with Gasteiger partial charge < -0.3 is 0 Å². The van der Waals surface area contributed by atoms with E-state index in [9.17, 15) is 0 Å². The highest BCUT2D eigenvalue weighted by Crippen LogP contribution is 2.27. The SMILES string of the molecule is CC(C)c1ccc2c(n1)c(C(C)C)nn2C(C)C. The molecule has 0 saturated carbocycles. The molecule has 0 aliphatic rings. The summed E-state index contributed by atoms with van der Waals surface area (Å²) in [4.78, 5) is 4.82. The maximum atomic E-state index is 4.82. The van der Waals surface area contributed by atoms with Crippen LogP contribution in [0.3, 0.4) is 0 Å². The molecule has 0 amide bonds. The molecule has 0 aliphatic heterocycles. The Hall–Kier alpha value is -1.38. The minimum Gasteiger partial charge on any atom is -0.260 e. The largest absolute Gasteiger partial charge is 0.260 e. The van der Waals surface area contributed by atoms with E-state index in [1.807, 2.05) is 0 Å². The molecular formula is C15H23N3. The first-order chi connectivity index (χ1) is 8.41. The lowest BCUT2D eigenvalue weighted by Crippen LogP contribution is -2.03. The van der Waals surface area contributed by atoms with E-state index >= 15 is 0 Å². The quantitative estimate of drug-likeness (QED) is 0.809. The van der Waals surface area contributed by atoms with Gasteiger partial charge in [-0.25, -0.2) is 4.98 Å². The van der Waals surface area contributed by atoms with Crippen molar-refractivity contribution >= 4 is 11.0 Å². The smallest absolute Gasteiger partial charge is 0.112 e. The second kappa shape index (κ2) is 4.71. The summed E-state index contributed by atoms with van der Waals surface area (Å²) in [7, 11) is 0. The standard InChI is InChI=1S/C15H23N3/c1-9(2)12-7-8-13-15(16-12)14(10(3)4)17-18(13)11(5)6/h7-11H,1-6H3. The van der Waals surface area contributed by atoms with Crippen molar-refractivity contribution in [2.45, 2.75) is 59.4 Å². The van der Waals surface area contributed by atoms with Gasteiger partial charge in [-0.2, -0.15) is 5.10 Å². The number of rotatable bonds is 3. The third-order valence-corrected chi connectivity index (χ3v) is 3.23. The molecule has 2 aromatic heterocycles. The van der Waals surface area contributed by atoms with Gasteiger partial charge in [-0.15, -0.1) is 0 Å². The molecule has 0 bridgehead atoms.